The number of aryl methyl sites for hydroxylation is 1. The number of thiophene rings is 1. The average molecular weight is 395 g/mol. The number of nitrogens with zero attached hydrogens (tertiary/aromatic N) is 6. The van der Waals surface area contributed by atoms with E-state index in [1.54, 1.807) is 17.5 Å². The molecule has 0 spiro atoms. The first-order valence-electron chi connectivity index (χ1n) is 9.52. The molecule has 28 heavy (non-hydrogen) atoms. The monoisotopic (exact) mass is 395 g/mol. The van der Waals surface area contributed by atoms with Crippen LogP contribution in [0.5, 0.6) is 0 Å². The molecule has 6 rings (SSSR count). The van der Waals surface area contributed by atoms with E-state index in [4.69, 9.17) is 15.5 Å². The number of hydrogen-bond donors (Lipinski definition) is 1. The van der Waals surface area contributed by atoms with Crippen LogP contribution in [0.15, 0.2) is 24.5 Å². The molecule has 6 heterocycles. The van der Waals surface area contributed by atoms with Gasteiger partial charge in [0.1, 0.15) is 16.3 Å². The zero-order valence-electron chi connectivity index (χ0n) is 15.6. The number of rotatable bonds is 3. The number of imidazole rings is 1. The highest BCUT2D eigenvalue weighted by molar-refractivity contribution is 7.22. The second-order valence-corrected chi connectivity index (χ2v) is 8.81. The summed E-state index contributed by atoms with van der Waals surface area (Å²) in [5, 5.41) is 5.36. The molecule has 2 saturated heterocycles. The minimum atomic E-state index is 0.487. The van der Waals surface area contributed by atoms with Crippen molar-refractivity contribution >= 4 is 38.4 Å². The highest BCUT2D eigenvalue weighted by Gasteiger charge is 2.37. The molecule has 0 bridgehead atoms. The predicted molar refractivity (Wildman–Crippen MR) is 109 cm³/mol. The van der Waals surface area contributed by atoms with Gasteiger partial charge in [-0.3, -0.25) is 4.90 Å². The van der Waals surface area contributed by atoms with E-state index in [9.17, 15) is 0 Å². The van der Waals surface area contributed by atoms with Crippen LogP contribution >= 0.6 is 11.3 Å². The van der Waals surface area contributed by atoms with Crippen molar-refractivity contribution in [3.8, 4) is 5.00 Å². The van der Waals surface area contributed by atoms with Gasteiger partial charge in [0.25, 0.3) is 0 Å². The van der Waals surface area contributed by atoms with E-state index in [2.05, 4.69) is 26.6 Å². The molecule has 2 fully saturated rings. The largest absolute Gasteiger partial charge is 0.382 e. The van der Waals surface area contributed by atoms with Crippen molar-refractivity contribution in [3.63, 3.8) is 0 Å². The maximum Gasteiger partial charge on any atom is 0.152 e. The summed E-state index contributed by atoms with van der Waals surface area (Å²) in [7, 11) is 2.08. The Morgan fingerprint density at radius 1 is 1.25 bits per heavy atom. The molecule has 2 aliphatic rings. The van der Waals surface area contributed by atoms with Gasteiger partial charge in [0.15, 0.2) is 5.82 Å². The summed E-state index contributed by atoms with van der Waals surface area (Å²) in [6.07, 6.45) is 3.72. The number of aromatic nitrogens is 5. The fourth-order valence-electron chi connectivity index (χ4n) is 4.55. The smallest absolute Gasteiger partial charge is 0.152 e. The Morgan fingerprint density at radius 3 is 2.82 bits per heavy atom. The third-order valence-corrected chi connectivity index (χ3v) is 7.12. The molecule has 0 aromatic carbocycles. The topological polar surface area (TPSA) is 87.0 Å². The fourth-order valence-corrected chi connectivity index (χ4v) is 5.68. The summed E-state index contributed by atoms with van der Waals surface area (Å²) < 4.78 is 10.7. The molecule has 4 aromatic rings. The average Bonchev–Trinajstić information content (AvgIpc) is 3.43. The first-order valence-corrected chi connectivity index (χ1v) is 10.3. The number of likely N-dealkylation sites (tertiary alicyclic amines) is 1. The van der Waals surface area contributed by atoms with Crippen molar-refractivity contribution in [2.24, 2.45) is 18.9 Å². The summed E-state index contributed by atoms with van der Waals surface area (Å²) >= 11 is 1.67. The van der Waals surface area contributed by atoms with Crippen LogP contribution in [0.1, 0.15) is 5.82 Å². The first kappa shape index (κ1) is 16.5. The molecule has 144 valence electrons. The second-order valence-electron chi connectivity index (χ2n) is 7.78. The van der Waals surface area contributed by atoms with Gasteiger partial charge >= 0.3 is 0 Å². The van der Waals surface area contributed by atoms with Crippen LogP contribution in [0.25, 0.3) is 26.3 Å². The van der Waals surface area contributed by atoms with Gasteiger partial charge in [-0.05, 0) is 6.07 Å². The van der Waals surface area contributed by atoms with Crippen LogP contribution in [-0.2, 0) is 18.3 Å². The van der Waals surface area contributed by atoms with Crippen LogP contribution in [0, 0.1) is 11.8 Å². The molecule has 2 aliphatic heterocycles. The molecular weight excluding hydrogens is 374 g/mol. The van der Waals surface area contributed by atoms with E-state index in [0.29, 0.717) is 17.7 Å². The van der Waals surface area contributed by atoms with E-state index in [0.717, 1.165) is 64.9 Å². The van der Waals surface area contributed by atoms with Gasteiger partial charge in [-0.25, -0.2) is 14.6 Å². The molecule has 0 radical (unpaired) electrons. The van der Waals surface area contributed by atoms with E-state index in [-0.39, 0.29) is 0 Å². The molecule has 4 aromatic heterocycles. The predicted octanol–water partition coefficient (Wildman–Crippen LogP) is 2.03. The Labute approximate surface area is 165 Å². The SMILES string of the molecule is Cn1c(CN2CC3COCC3C2)nc2c(N)nc3cc(-n4cccn4)sc3c21. The number of ether oxygens (including phenoxy) is 1. The van der Waals surface area contributed by atoms with Gasteiger partial charge in [-0.15, -0.1) is 11.3 Å². The van der Waals surface area contributed by atoms with Gasteiger partial charge < -0.3 is 15.0 Å². The van der Waals surface area contributed by atoms with Crippen molar-refractivity contribution < 1.29 is 4.74 Å². The molecule has 2 N–H and O–H groups in total. The quantitative estimate of drug-likeness (QED) is 0.571. The maximum atomic E-state index is 6.28. The first-order chi connectivity index (χ1) is 13.7. The Hall–Kier alpha value is -2.49. The summed E-state index contributed by atoms with van der Waals surface area (Å²) in [5.41, 5.74) is 9.02. The molecule has 0 aliphatic carbocycles. The van der Waals surface area contributed by atoms with Gasteiger partial charge in [0.2, 0.25) is 0 Å². The molecule has 9 heteroatoms. The van der Waals surface area contributed by atoms with Crippen LogP contribution < -0.4 is 5.73 Å². The van der Waals surface area contributed by atoms with E-state index in [1.165, 1.54) is 0 Å². The zero-order valence-corrected chi connectivity index (χ0v) is 16.4. The normalized spacial score (nSPS) is 22.6. The lowest BCUT2D eigenvalue weighted by atomic mass is 10.0. The van der Waals surface area contributed by atoms with E-state index >= 15 is 0 Å². The minimum Gasteiger partial charge on any atom is -0.382 e. The van der Waals surface area contributed by atoms with Gasteiger partial charge in [0.05, 0.1) is 35.5 Å². The van der Waals surface area contributed by atoms with Crippen LogP contribution in [0.4, 0.5) is 5.82 Å². The van der Waals surface area contributed by atoms with Crippen molar-refractivity contribution in [1.29, 1.82) is 0 Å². The minimum absolute atomic E-state index is 0.487. The Kier molecular flexibility index (Phi) is 3.53. The van der Waals surface area contributed by atoms with Crippen LogP contribution in [-0.4, -0.2) is 55.5 Å². The third kappa shape index (κ3) is 2.40. The number of nitrogens with two attached hydrogens (primary N) is 1. The zero-order chi connectivity index (χ0) is 18.8. The van der Waals surface area contributed by atoms with E-state index < -0.39 is 0 Å². The Morgan fingerprint density at radius 2 is 2.07 bits per heavy atom. The summed E-state index contributed by atoms with van der Waals surface area (Å²) in [4.78, 5) is 12.0. The number of hydrogen-bond acceptors (Lipinski definition) is 7. The highest BCUT2D eigenvalue weighted by Crippen LogP contribution is 2.36. The maximum absolute atomic E-state index is 6.28. The highest BCUT2D eigenvalue weighted by atomic mass is 32.1. The number of fused-ring (bicyclic) bond motifs is 4. The van der Waals surface area contributed by atoms with Gasteiger partial charge in [-0.2, -0.15) is 5.10 Å². The molecular formula is C19H21N7OS. The number of anilines is 1. The molecule has 2 atom stereocenters. The summed E-state index contributed by atoms with van der Waals surface area (Å²) in [5.74, 6) is 2.86. The lowest BCUT2D eigenvalue weighted by Crippen LogP contribution is -2.24. The third-order valence-electron chi connectivity index (χ3n) is 6.00. The van der Waals surface area contributed by atoms with Crippen molar-refractivity contribution in [2.45, 2.75) is 6.54 Å². The Bertz CT molecular complexity index is 1170. The van der Waals surface area contributed by atoms with E-state index in [1.807, 2.05) is 23.0 Å². The lowest BCUT2D eigenvalue weighted by Gasteiger charge is -2.16. The number of nitrogen functional groups attached to an aromatic ring is 1. The van der Waals surface area contributed by atoms with Crippen LogP contribution in [0.3, 0.4) is 0 Å². The Balaban J connectivity index is 1.42. The summed E-state index contributed by atoms with van der Waals surface area (Å²) in [6, 6.07) is 3.96. The standard InChI is InChI=1S/C19H21N7OS/c1-24-14(8-25-6-11-9-27-10-12(11)7-25)23-16-17(24)18-13(22-19(16)20)5-15(28-18)26-4-2-3-21-26/h2-5,11-12H,6-10H2,1H3,(H2,20,22). The van der Waals surface area contributed by atoms with Crippen molar-refractivity contribution in [2.75, 3.05) is 32.0 Å². The van der Waals surface area contributed by atoms with Gasteiger partial charge in [0, 0.05) is 50.4 Å². The second kappa shape index (κ2) is 6.00. The molecule has 2 unspecified atom stereocenters. The van der Waals surface area contributed by atoms with Crippen molar-refractivity contribution in [3.05, 3.63) is 30.4 Å². The fraction of sp³-hybridized carbons (Fsp3) is 0.421. The lowest BCUT2D eigenvalue weighted by molar-refractivity contribution is 0.152. The molecule has 0 saturated carbocycles. The number of pyridine rings is 1. The molecule has 0 amide bonds. The summed E-state index contributed by atoms with van der Waals surface area (Å²) in [6.45, 7) is 4.79. The van der Waals surface area contributed by atoms with Crippen molar-refractivity contribution in [1.82, 2.24) is 29.2 Å². The van der Waals surface area contributed by atoms with Crippen LogP contribution in [0.2, 0.25) is 0 Å². The molecule has 8 nitrogen and oxygen atoms in total. The van der Waals surface area contributed by atoms with Gasteiger partial charge in [-0.1, -0.05) is 0 Å².